The number of hydrogen-bond donors (Lipinski definition) is 0. The van der Waals surface area contributed by atoms with Crippen LogP contribution in [0.25, 0.3) is 0 Å². The molecule has 0 aliphatic rings. The van der Waals surface area contributed by atoms with E-state index in [4.69, 9.17) is 16.9 Å². The van der Waals surface area contributed by atoms with Crippen LogP contribution in [-0.2, 0) is 6.18 Å². The second-order valence-electron chi connectivity index (χ2n) is 3.66. The molecule has 0 bridgehead atoms. The molecule has 0 fully saturated rings. The molecule has 0 spiro atoms. The Bertz CT molecular complexity index is 444. The van der Waals surface area contributed by atoms with Crippen molar-refractivity contribution in [1.29, 1.82) is 5.26 Å². The predicted molar refractivity (Wildman–Crippen MR) is 55.3 cm³/mol. The number of benzene rings is 1. The molecule has 1 aromatic carbocycles. The van der Waals surface area contributed by atoms with E-state index in [9.17, 15) is 13.2 Å². The summed E-state index contributed by atoms with van der Waals surface area (Å²) in [6, 6.07) is 4.12. The lowest BCUT2D eigenvalue weighted by molar-refractivity contribution is -0.137. The highest BCUT2D eigenvalue weighted by molar-refractivity contribution is 6.32. The van der Waals surface area contributed by atoms with Gasteiger partial charge < -0.3 is 0 Å². The van der Waals surface area contributed by atoms with Crippen LogP contribution in [0.15, 0.2) is 12.1 Å². The van der Waals surface area contributed by atoms with Crippen LogP contribution in [0.3, 0.4) is 0 Å². The van der Waals surface area contributed by atoms with E-state index < -0.39 is 17.3 Å². The fourth-order valence-corrected chi connectivity index (χ4v) is 1.90. The second-order valence-corrected chi connectivity index (χ2v) is 4.03. The minimum Gasteiger partial charge on any atom is -0.192 e. The Labute approximate surface area is 96.4 Å². The third-order valence-corrected chi connectivity index (χ3v) is 2.60. The highest BCUT2D eigenvalue weighted by Crippen LogP contribution is 2.40. The zero-order valence-corrected chi connectivity index (χ0v) is 9.45. The molecule has 0 aromatic heterocycles. The average molecular weight is 248 g/mol. The van der Waals surface area contributed by atoms with Crippen molar-refractivity contribution in [2.24, 2.45) is 0 Å². The minimum absolute atomic E-state index is 0.124. The van der Waals surface area contributed by atoms with Crippen molar-refractivity contribution in [3.8, 4) is 6.07 Å². The average Bonchev–Trinajstić information content (AvgIpc) is 2.14. The van der Waals surface area contributed by atoms with Crippen molar-refractivity contribution in [3.05, 3.63) is 33.8 Å². The summed E-state index contributed by atoms with van der Waals surface area (Å²) in [5, 5.41) is 8.25. The van der Waals surface area contributed by atoms with E-state index in [2.05, 4.69) is 0 Å². The van der Waals surface area contributed by atoms with E-state index in [-0.39, 0.29) is 10.9 Å². The van der Waals surface area contributed by atoms with Gasteiger partial charge in [0, 0.05) is 0 Å². The molecular weight excluding hydrogens is 239 g/mol. The van der Waals surface area contributed by atoms with Gasteiger partial charge in [-0.25, -0.2) is 0 Å². The Kier molecular flexibility index (Phi) is 3.49. The topological polar surface area (TPSA) is 23.8 Å². The first-order valence-electron chi connectivity index (χ1n) is 4.58. The monoisotopic (exact) mass is 247 g/mol. The van der Waals surface area contributed by atoms with Crippen LogP contribution in [0.5, 0.6) is 0 Å². The molecule has 0 atom stereocenters. The Morgan fingerprint density at radius 3 is 2.25 bits per heavy atom. The van der Waals surface area contributed by atoms with Crippen molar-refractivity contribution in [2.75, 3.05) is 0 Å². The van der Waals surface area contributed by atoms with Crippen LogP contribution in [0.2, 0.25) is 5.02 Å². The van der Waals surface area contributed by atoms with Crippen LogP contribution < -0.4 is 0 Å². The highest BCUT2D eigenvalue weighted by Gasteiger charge is 2.37. The minimum atomic E-state index is -4.60. The third-order valence-electron chi connectivity index (χ3n) is 2.20. The normalized spacial score (nSPS) is 11.6. The lowest BCUT2D eigenvalue weighted by Crippen LogP contribution is -2.10. The zero-order chi connectivity index (χ0) is 12.5. The van der Waals surface area contributed by atoms with E-state index >= 15 is 0 Å². The summed E-state index contributed by atoms with van der Waals surface area (Å²) in [7, 11) is 0. The number of nitriles is 1. The molecule has 0 saturated carbocycles. The predicted octanol–water partition coefficient (Wildman–Crippen LogP) is 4.35. The molecule has 0 radical (unpaired) electrons. The molecule has 0 saturated heterocycles. The molecule has 0 heterocycles. The molecule has 0 aliphatic carbocycles. The molecule has 1 nitrogen and oxygen atoms in total. The van der Waals surface area contributed by atoms with Crippen molar-refractivity contribution < 1.29 is 13.2 Å². The number of halogens is 4. The van der Waals surface area contributed by atoms with Crippen LogP contribution in [-0.4, -0.2) is 0 Å². The lowest BCUT2D eigenvalue weighted by atomic mass is 9.97. The Morgan fingerprint density at radius 1 is 1.31 bits per heavy atom. The van der Waals surface area contributed by atoms with Gasteiger partial charge in [-0.05, 0) is 17.5 Å². The van der Waals surface area contributed by atoms with E-state index in [0.717, 1.165) is 6.07 Å². The van der Waals surface area contributed by atoms with Crippen LogP contribution >= 0.6 is 11.6 Å². The first kappa shape index (κ1) is 12.9. The van der Waals surface area contributed by atoms with E-state index in [0.29, 0.717) is 5.56 Å². The molecular formula is C11H9ClF3N. The van der Waals surface area contributed by atoms with Gasteiger partial charge in [0.2, 0.25) is 0 Å². The van der Waals surface area contributed by atoms with Crippen LogP contribution in [0.4, 0.5) is 13.2 Å². The molecule has 86 valence electrons. The molecule has 0 unspecified atom stereocenters. The van der Waals surface area contributed by atoms with Gasteiger partial charge >= 0.3 is 6.18 Å². The second kappa shape index (κ2) is 4.34. The van der Waals surface area contributed by atoms with Crippen LogP contribution in [0.1, 0.15) is 36.5 Å². The largest absolute Gasteiger partial charge is 0.419 e. The Hall–Kier alpha value is -1.21. The molecule has 1 aromatic rings. The maximum Gasteiger partial charge on any atom is 0.419 e. The van der Waals surface area contributed by atoms with Gasteiger partial charge in [0.05, 0.1) is 22.2 Å². The maximum absolute atomic E-state index is 12.7. The Balaban J connectivity index is 3.55. The first-order chi connectivity index (χ1) is 7.29. The fraction of sp³-hybridized carbons (Fsp3) is 0.364. The molecule has 16 heavy (non-hydrogen) atoms. The highest BCUT2D eigenvalue weighted by atomic mass is 35.5. The van der Waals surface area contributed by atoms with Gasteiger partial charge in [0.1, 0.15) is 0 Å². The van der Waals surface area contributed by atoms with Crippen molar-refractivity contribution in [2.45, 2.75) is 25.9 Å². The summed E-state index contributed by atoms with van der Waals surface area (Å²) in [4.78, 5) is 0. The van der Waals surface area contributed by atoms with Gasteiger partial charge in [-0.2, -0.15) is 18.4 Å². The number of alkyl halides is 3. The maximum atomic E-state index is 12.7. The number of hydrogen-bond acceptors (Lipinski definition) is 1. The van der Waals surface area contributed by atoms with Crippen LogP contribution in [0, 0.1) is 11.3 Å². The van der Waals surface area contributed by atoms with Crippen molar-refractivity contribution in [3.63, 3.8) is 0 Å². The van der Waals surface area contributed by atoms with E-state index in [1.54, 1.807) is 13.8 Å². The zero-order valence-electron chi connectivity index (χ0n) is 8.69. The molecule has 0 aliphatic heterocycles. The van der Waals surface area contributed by atoms with Gasteiger partial charge in [0.25, 0.3) is 0 Å². The van der Waals surface area contributed by atoms with Gasteiger partial charge in [-0.15, -0.1) is 0 Å². The number of rotatable bonds is 1. The van der Waals surface area contributed by atoms with E-state index in [1.165, 1.54) is 12.1 Å². The summed E-state index contributed by atoms with van der Waals surface area (Å²) in [5.74, 6) is -0.124. The fourth-order valence-electron chi connectivity index (χ4n) is 1.41. The van der Waals surface area contributed by atoms with Crippen molar-refractivity contribution >= 4 is 11.6 Å². The van der Waals surface area contributed by atoms with Crippen molar-refractivity contribution in [1.82, 2.24) is 0 Å². The third kappa shape index (κ3) is 2.30. The molecule has 1 rings (SSSR count). The summed E-state index contributed by atoms with van der Waals surface area (Å²) in [6.45, 7) is 3.49. The number of nitrogens with zero attached hydrogens (tertiary/aromatic N) is 1. The van der Waals surface area contributed by atoms with E-state index in [1.807, 2.05) is 0 Å². The summed E-state index contributed by atoms with van der Waals surface area (Å²) in [6.07, 6.45) is -4.60. The summed E-state index contributed by atoms with van der Waals surface area (Å²) >= 11 is 5.70. The quantitative estimate of drug-likeness (QED) is 0.724. The molecule has 0 N–H and O–H groups in total. The Morgan fingerprint density at radius 2 is 1.88 bits per heavy atom. The lowest BCUT2D eigenvalue weighted by Gasteiger charge is -2.15. The molecule has 0 amide bonds. The standard InChI is InChI=1S/C11H9ClF3N/c1-6(2)8-4-3-7(5-16)9(10(8)12)11(13,14)15/h3-4,6H,1-2H3. The summed E-state index contributed by atoms with van der Waals surface area (Å²) in [5.41, 5.74) is -1.09. The first-order valence-corrected chi connectivity index (χ1v) is 4.96. The smallest absolute Gasteiger partial charge is 0.192 e. The summed E-state index contributed by atoms with van der Waals surface area (Å²) < 4.78 is 38.1. The van der Waals surface area contributed by atoms with Gasteiger partial charge in [-0.3, -0.25) is 0 Å². The van der Waals surface area contributed by atoms with Gasteiger partial charge in [0.15, 0.2) is 0 Å². The van der Waals surface area contributed by atoms with Gasteiger partial charge in [-0.1, -0.05) is 31.5 Å². The molecule has 5 heteroatoms. The SMILES string of the molecule is CC(C)c1ccc(C#N)c(C(F)(F)F)c1Cl.